The molecular formula is C15H16N2. The van der Waals surface area contributed by atoms with E-state index in [1.165, 1.54) is 22.4 Å². The molecule has 1 aliphatic heterocycles. The number of amidine groups is 1. The van der Waals surface area contributed by atoms with Crippen LogP contribution >= 0.6 is 0 Å². The summed E-state index contributed by atoms with van der Waals surface area (Å²) in [5.74, 6) is 1.14. The summed E-state index contributed by atoms with van der Waals surface area (Å²) in [6.45, 7) is 0. The van der Waals surface area contributed by atoms with Crippen LogP contribution in [0.2, 0.25) is 0 Å². The van der Waals surface area contributed by atoms with Gasteiger partial charge in [0.15, 0.2) is 0 Å². The highest BCUT2D eigenvalue weighted by atomic mass is 15.2. The molecule has 2 heteroatoms. The molecule has 0 N–H and O–H groups in total. The number of hydrogen-bond donors (Lipinski definition) is 0. The van der Waals surface area contributed by atoms with Gasteiger partial charge < -0.3 is 4.90 Å². The zero-order valence-corrected chi connectivity index (χ0v) is 10.3. The highest BCUT2D eigenvalue weighted by Crippen LogP contribution is 2.36. The number of benzene rings is 1. The summed E-state index contributed by atoms with van der Waals surface area (Å²) in [4.78, 5) is 6.51. The minimum absolute atomic E-state index is 0.946. The lowest BCUT2D eigenvalue weighted by Gasteiger charge is -2.19. The van der Waals surface area contributed by atoms with Gasteiger partial charge in [0.2, 0.25) is 0 Å². The van der Waals surface area contributed by atoms with Gasteiger partial charge in [0, 0.05) is 31.8 Å². The van der Waals surface area contributed by atoms with Crippen molar-refractivity contribution in [3.05, 3.63) is 53.2 Å². The van der Waals surface area contributed by atoms with Crippen LogP contribution in [0.25, 0.3) is 5.57 Å². The predicted octanol–water partition coefficient (Wildman–Crippen LogP) is 2.87. The molecule has 1 aliphatic carbocycles. The molecule has 0 radical (unpaired) electrons. The lowest BCUT2D eigenvalue weighted by Crippen LogP contribution is -2.20. The molecule has 17 heavy (non-hydrogen) atoms. The monoisotopic (exact) mass is 224 g/mol. The zero-order valence-electron chi connectivity index (χ0n) is 10.3. The Balaban J connectivity index is 1.99. The van der Waals surface area contributed by atoms with Crippen molar-refractivity contribution in [1.29, 1.82) is 0 Å². The topological polar surface area (TPSA) is 15.6 Å². The minimum atomic E-state index is 0.946. The van der Waals surface area contributed by atoms with E-state index >= 15 is 0 Å². The average Bonchev–Trinajstić information content (AvgIpc) is 2.92. The van der Waals surface area contributed by atoms with E-state index < -0.39 is 0 Å². The molecule has 0 atom stereocenters. The molecule has 0 unspecified atom stereocenters. The normalized spacial score (nSPS) is 20.6. The third-order valence-corrected chi connectivity index (χ3v) is 3.59. The Bertz CT molecular complexity index is 550. The molecule has 0 saturated carbocycles. The number of fused-ring (bicyclic) bond motifs is 1. The van der Waals surface area contributed by atoms with Crippen molar-refractivity contribution in [2.75, 3.05) is 14.1 Å². The van der Waals surface area contributed by atoms with Gasteiger partial charge in [-0.2, -0.15) is 0 Å². The van der Waals surface area contributed by atoms with Crippen LogP contribution in [0.15, 0.2) is 47.1 Å². The molecule has 2 aliphatic rings. The van der Waals surface area contributed by atoms with Crippen molar-refractivity contribution < 1.29 is 0 Å². The number of likely N-dealkylation sites (N-methyl/N-ethyl adjacent to an activating group) is 1. The number of aliphatic imine (C=N–C) groups is 1. The van der Waals surface area contributed by atoms with Crippen LogP contribution in [0.4, 0.5) is 0 Å². The van der Waals surface area contributed by atoms with Crippen LogP contribution in [0.1, 0.15) is 17.5 Å². The zero-order chi connectivity index (χ0) is 11.8. The lowest BCUT2D eigenvalue weighted by molar-refractivity contribution is 0.664. The van der Waals surface area contributed by atoms with Gasteiger partial charge >= 0.3 is 0 Å². The van der Waals surface area contributed by atoms with Gasteiger partial charge in [-0.3, -0.25) is 4.99 Å². The Hall–Kier alpha value is -1.83. The fraction of sp³-hybridized carbons (Fsp3) is 0.267. The van der Waals surface area contributed by atoms with Gasteiger partial charge in [-0.05, 0) is 17.5 Å². The summed E-state index contributed by atoms with van der Waals surface area (Å²) in [5.41, 5.74) is 5.47. The summed E-state index contributed by atoms with van der Waals surface area (Å²) in [7, 11) is 3.96. The first kappa shape index (κ1) is 10.3. The van der Waals surface area contributed by atoms with Crippen LogP contribution < -0.4 is 0 Å². The summed E-state index contributed by atoms with van der Waals surface area (Å²) < 4.78 is 0. The summed E-state index contributed by atoms with van der Waals surface area (Å²) in [6, 6.07) is 8.65. The molecular weight excluding hydrogens is 208 g/mol. The molecule has 0 bridgehead atoms. The van der Waals surface area contributed by atoms with Crippen LogP contribution in [0.5, 0.6) is 0 Å². The van der Waals surface area contributed by atoms with Crippen LogP contribution in [-0.4, -0.2) is 24.8 Å². The lowest BCUT2D eigenvalue weighted by atomic mass is 10.0. The minimum Gasteiger partial charge on any atom is -0.333 e. The first-order valence-corrected chi connectivity index (χ1v) is 5.99. The van der Waals surface area contributed by atoms with E-state index in [0.717, 1.165) is 18.7 Å². The van der Waals surface area contributed by atoms with Crippen molar-refractivity contribution in [2.24, 2.45) is 4.99 Å². The number of rotatable bonds is 1. The van der Waals surface area contributed by atoms with E-state index in [-0.39, 0.29) is 0 Å². The predicted molar refractivity (Wildman–Crippen MR) is 71.9 cm³/mol. The largest absolute Gasteiger partial charge is 0.333 e. The molecule has 1 aromatic rings. The van der Waals surface area contributed by atoms with Gasteiger partial charge in [0.05, 0.1) is 0 Å². The van der Waals surface area contributed by atoms with Gasteiger partial charge in [0.1, 0.15) is 5.84 Å². The number of allylic oxidation sites excluding steroid dienone is 2. The smallest absolute Gasteiger partial charge is 0.107 e. The van der Waals surface area contributed by atoms with Gasteiger partial charge in [-0.15, -0.1) is 0 Å². The quantitative estimate of drug-likeness (QED) is 0.716. The average molecular weight is 224 g/mol. The van der Waals surface area contributed by atoms with Crippen LogP contribution in [0, 0.1) is 0 Å². The van der Waals surface area contributed by atoms with E-state index in [4.69, 9.17) is 0 Å². The van der Waals surface area contributed by atoms with Gasteiger partial charge in [0.25, 0.3) is 0 Å². The summed E-state index contributed by atoms with van der Waals surface area (Å²) >= 11 is 0. The van der Waals surface area contributed by atoms with E-state index in [0.29, 0.717) is 0 Å². The second kappa shape index (κ2) is 3.88. The number of hydrogen-bond acceptors (Lipinski definition) is 1. The van der Waals surface area contributed by atoms with E-state index in [1.54, 1.807) is 0 Å². The van der Waals surface area contributed by atoms with Crippen molar-refractivity contribution in [1.82, 2.24) is 4.90 Å². The Morgan fingerprint density at radius 3 is 2.71 bits per heavy atom. The Kier molecular flexibility index (Phi) is 2.36. The Labute approximate surface area is 102 Å². The van der Waals surface area contributed by atoms with E-state index in [9.17, 15) is 0 Å². The molecule has 0 fully saturated rings. The van der Waals surface area contributed by atoms with Crippen LogP contribution in [-0.2, 0) is 6.42 Å². The van der Waals surface area contributed by atoms with E-state index in [1.807, 2.05) is 7.05 Å². The van der Waals surface area contributed by atoms with E-state index in [2.05, 4.69) is 53.4 Å². The molecule has 3 rings (SSSR count). The molecule has 1 aromatic carbocycles. The van der Waals surface area contributed by atoms with Gasteiger partial charge in [-0.25, -0.2) is 0 Å². The molecule has 0 aromatic heterocycles. The highest BCUT2D eigenvalue weighted by Gasteiger charge is 2.24. The van der Waals surface area contributed by atoms with Gasteiger partial charge in [-0.1, -0.05) is 36.4 Å². The number of nitrogens with zero attached hydrogens (tertiary/aromatic N) is 2. The highest BCUT2D eigenvalue weighted by molar-refractivity contribution is 5.95. The second-order valence-electron chi connectivity index (χ2n) is 4.47. The maximum atomic E-state index is 4.31. The first-order chi connectivity index (χ1) is 8.31. The standard InChI is InChI=1S/C15H16N2/c1-16-15-10-9-14(17(15)2)13-8-7-11-5-3-4-6-12(11)13/h3-6,8-9H,7,10H2,1-2H3. The van der Waals surface area contributed by atoms with Crippen molar-refractivity contribution in [3.8, 4) is 0 Å². The van der Waals surface area contributed by atoms with Crippen molar-refractivity contribution >= 4 is 11.4 Å². The SMILES string of the molecule is CN=C1CC=C(C2=CCc3ccccc32)N1C. The molecule has 1 heterocycles. The third-order valence-electron chi connectivity index (χ3n) is 3.59. The summed E-state index contributed by atoms with van der Waals surface area (Å²) in [5, 5.41) is 0. The maximum absolute atomic E-state index is 4.31. The molecule has 2 nitrogen and oxygen atoms in total. The van der Waals surface area contributed by atoms with Crippen LogP contribution in [0.3, 0.4) is 0 Å². The Morgan fingerprint density at radius 2 is 1.94 bits per heavy atom. The molecule has 0 amide bonds. The maximum Gasteiger partial charge on any atom is 0.107 e. The first-order valence-electron chi connectivity index (χ1n) is 5.99. The van der Waals surface area contributed by atoms with Crippen molar-refractivity contribution in [3.63, 3.8) is 0 Å². The molecule has 86 valence electrons. The summed E-state index contributed by atoms with van der Waals surface area (Å²) in [6.07, 6.45) is 6.60. The second-order valence-corrected chi connectivity index (χ2v) is 4.47. The fourth-order valence-corrected chi connectivity index (χ4v) is 2.66. The third kappa shape index (κ3) is 1.52. The Morgan fingerprint density at radius 1 is 1.12 bits per heavy atom. The fourth-order valence-electron chi connectivity index (χ4n) is 2.66. The molecule has 0 spiro atoms. The van der Waals surface area contributed by atoms with Crippen molar-refractivity contribution in [2.45, 2.75) is 12.8 Å². The molecule has 0 saturated heterocycles.